The van der Waals surface area contributed by atoms with Gasteiger partial charge in [0.15, 0.2) is 0 Å². The Kier molecular flexibility index (Phi) is 3.13. The Hall–Kier alpha value is -2.82. The largest absolute Gasteiger partial charge is 0.447 e. The number of rotatable bonds is 2. The van der Waals surface area contributed by atoms with Gasteiger partial charge < -0.3 is 4.84 Å². The van der Waals surface area contributed by atoms with E-state index < -0.39 is 23.3 Å². The molecule has 7 nitrogen and oxygen atoms in total. The van der Waals surface area contributed by atoms with Crippen LogP contribution < -0.4 is 16.4 Å². The molecule has 0 fully saturated rings. The van der Waals surface area contributed by atoms with Crippen molar-refractivity contribution in [2.24, 2.45) is 0 Å². The molecule has 1 N–H and O–H groups in total. The van der Waals surface area contributed by atoms with Crippen LogP contribution in [-0.4, -0.2) is 9.72 Å². The van der Waals surface area contributed by atoms with Crippen molar-refractivity contribution < 1.29 is 26.9 Å². The second-order valence-electron chi connectivity index (χ2n) is 4.11. The molecule has 22 heavy (non-hydrogen) atoms. The lowest BCUT2D eigenvalue weighted by Crippen LogP contribution is -2.31. The highest BCUT2D eigenvalue weighted by molar-refractivity contribution is 5.45. The molecule has 1 aliphatic rings. The van der Waals surface area contributed by atoms with Gasteiger partial charge in [-0.3, -0.25) is 4.52 Å². The van der Waals surface area contributed by atoms with Crippen molar-refractivity contribution in [3.05, 3.63) is 52.6 Å². The van der Waals surface area contributed by atoms with E-state index in [0.717, 1.165) is 15.6 Å². The van der Waals surface area contributed by atoms with E-state index >= 15 is 0 Å². The van der Waals surface area contributed by atoms with Crippen molar-refractivity contribution in [1.29, 1.82) is 0 Å². The van der Waals surface area contributed by atoms with Crippen LogP contribution in [0.2, 0.25) is 0 Å². The minimum absolute atomic E-state index is 0.196. The van der Waals surface area contributed by atoms with Crippen molar-refractivity contribution in [3.63, 3.8) is 0 Å². The molecule has 0 bridgehead atoms. The molecular formula is C11H6F4N4O3. The highest BCUT2D eigenvalue weighted by Gasteiger charge is 2.35. The Labute approximate surface area is 118 Å². The summed E-state index contributed by atoms with van der Waals surface area (Å²) >= 11 is 0. The maximum absolute atomic E-state index is 13.3. The van der Waals surface area contributed by atoms with Gasteiger partial charge in [-0.15, -0.1) is 0 Å². The zero-order valence-corrected chi connectivity index (χ0v) is 10.5. The molecule has 3 rings (SSSR count). The SMILES string of the molecule is O=c1onc(N2C=CON2)n1-c1ccc(F)c(C(F)(F)F)c1. The number of anilines is 1. The Morgan fingerprint density at radius 1 is 1.27 bits per heavy atom. The zero-order chi connectivity index (χ0) is 15.9. The van der Waals surface area contributed by atoms with Crippen LogP contribution in [0, 0.1) is 5.82 Å². The number of benzene rings is 1. The van der Waals surface area contributed by atoms with Crippen molar-refractivity contribution in [3.8, 4) is 5.69 Å². The number of hydrogen-bond acceptors (Lipinski definition) is 6. The first kappa shape index (κ1) is 14.1. The molecule has 0 saturated carbocycles. The third-order valence-electron chi connectivity index (χ3n) is 2.75. The van der Waals surface area contributed by atoms with E-state index in [1.54, 1.807) is 0 Å². The molecule has 116 valence electrons. The zero-order valence-electron chi connectivity index (χ0n) is 10.5. The van der Waals surface area contributed by atoms with Crippen LogP contribution in [0.25, 0.3) is 5.69 Å². The molecular weight excluding hydrogens is 312 g/mol. The number of halogens is 4. The van der Waals surface area contributed by atoms with Crippen LogP contribution in [0.3, 0.4) is 0 Å². The fraction of sp³-hybridized carbons (Fsp3) is 0.0909. The number of aromatic nitrogens is 2. The Morgan fingerprint density at radius 2 is 2.05 bits per heavy atom. The Bertz CT molecular complexity index is 795. The lowest BCUT2D eigenvalue weighted by molar-refractivity contribution is -0.140. The standard InChI is InChI=1S/C11H6F4N4O3/c12-8-2-1-6(5-7(8)11(13,14)15)19-9(16-22-10(19)20)18-3-4-21-17-18/h1-5,17H. The summed E-state index contributed by atoms with van der Waals surface area (Å²) in [5, 5.41) is 4.51. The molecule has 0 atom stereocenters. The smallest absolute Gasteiger partial charge is 0.395 e. The van der Waals surface area contributed by atoms with Gasteiger partial charge in [-0.1, -0.05) is 5.59 Å². The van der Waals surface area contributed by atoms with Crippen LogP contribution in [0.1, 0.15) is 5.56 Å². The predicted octanol–water partition coefficient (Wildman–Crippen LogP) is 1.71. The number of alkyl halides is 3. The van der Waals surface area contributed by atoms with E-state index in [4.69, 9.17) is 0 Å². The number of hydrazine groups is 1. The van der Waals surface area contributed by atoms with Gasteiger partial charge in [-0.05, 0) is 23.4 Å². The van der Waals surface area contributed by atoms with Crippen molar-refractivity contribution in [2.45, 2.75) is 6.18 Å². The first-order chi connectivity index (χ1) is 10.4. The molecule has 0 amide bonds. The summed E-state index contributed by atoms with van der Waals surface area (Å²) in [7, 11) is 0. The highest BCUT2D eigenvalue weighted by atomic mass is 19.4. The Morgan fingerprint density at radius 3 is 2.68 bits per heavy atom. The Balaban J connectivity index is 2.14. The number of nitrogens with one attached hydrogen (secondary N) is 1. The van der Waals surface area contributed by atoms with Crippen molar-refractivity contribution >= 4 is 5.95 Å². The van der Waals surface area contributed by atoms with Gasteiger partial charge in [0.25, 0.3) is 5.95 Å². The van der Waals surface area contributed by atoms with Gasteiger partial charge in [-0.25, -0.2) is 18.8 Å². The third-order valence-corrected chi connectivity index (χ3v) is 2.75. The van der Waals surface area contributed by atoms with Gasteiger partial charge >= 0.3 is 11.9 Å². The van der Waals surface area contributed by atoms with Crippen molar-refractivity contribution in [1.82, 2.24) is 15.3 Å². The fourth-order valence-electron chi connectivity index (χ4n) is 1.80. The minimum atomic E-state index is -4.91. The van der Waals surface area contributed by atoms with Gasteiger partial charge in [0.1, 0.15) is 12.1 Å². The van der Waals surface area contributed by atoms with E-state index in [2.05, 4.69) is 20.1 Å². The first-order valence-corrected chi connectivity index (χ1v) is 5.71. The van der Waals surface area contributed by atoms with E-state index in [-0.39, 0.29) is 11.6 Å². The van der Waals surface area contributed by atoms with Gasteiger partial charge in [0.2, 0.25) is 0 Å². The molecule has 0 saturated heterocycles. The van der Waals surface area contributed by atoms with Crippen LogP contribution in [0.15, 0.2) is 40.0 Å². The summed E-state index contributed by atoms with van der Waals surface area (Å²) in [5.74, 6) is -2.69. The predicted molar refractivity (Wildman–Crippen MR) is 62.9 cm³/mol. The number of nitrogens with zero attached hydrogens (tertiary/aromatic N) is 3. The van der Waals surface area contributed by atoms with Gasteiger partial charge in [-0.2, -0.15) is 13.2 Å². The summed E-state index contributed by atoms with van der Waals surface area (Å²) in [6.07, 6.45) is -2.40. The monoisotopic (exact) mass is 318 g/mol. The summed E-state index contributed by atoms with van der Waals surface area (Å²) < 4.78 is 56.7. The molecule has 11 heteroatoms. The minimum Gasteiger partial charge on any atom is -0.395 e. The van der Waals surface area contributed by atoms with Gasteiger partial charge in [0.05, 0.1) is 17.5 Å². The van der Waals surface area contributed by atoms with Gasteiger partial charge in [0, 0.05) is 0 Å². The van der Waals surface area contributed by atoms with E-state index in [1.807, 2.05) is 0 Å². The average molecular weight is 318 g/mol. The topological polar surface area (TPSA) is 72.5 Å². The second kappa shape index (κ2) is 4.87. The lowest BCUT2D eigenvalue weighted by Gasteiger charge is -2.14. The maximum Gasteiger partial charge on any atom is 0.447 e. The maximum atomic E-state index is 13.3. The summed E-state index contributed by atoms with van der Waals surface area (Å²) in [6, 6.07) is 2.08. The van der Waals surface area contributed by atoms with Crippen LogP contribution in [0.5, 0.6) is 0 Å². The van der Waals surface area contributed by atoms with Crippen LogP contribution >= 0.6 is 0 Å². The average Bonchev–Trinajstić information content (AvgIpc) is 3.07. The molecule has 2 heterocycles. The summed E-state index contributed by atoms with van der Waals surface area (Å²) in [4.78, 5) is 16.3. The van der Waals surface area contributed by atoms with E-state index in [1.165, 1.54) is 12.5 Å². The molecule has 0 unspecified atom stereocenters. The molecule has 0 aliphatic carbocycles. The molecule has 0 radical (unpaired) electrons. The normalized spacial score (nSPS) is 14.5. The molecule has 1 aromatic heterocycles. The lowest BCUT2D eigenvalue weighted by atomic mass is 10.2. The van der Waals surface area contributed by atoms with Crippen molar-refractivity contribution in [2.75, 3.05) is 5.01 Å². The third kappa shape index (κ3) is 2.30. The summed E-state index contributed by atoms with van der Waals surface area (Å²) in [6.45, 7) is 0. The molecule has 2 aromatic rings. The highest BCUT2D eigenvalue weighted by Crippen LogP contribution is 2.33. The summed E-state index contributed by atoms with van der Waals surface area (Å²) in [5.41, 5.74) is 0.521. The van der Waals surface area contributed by atoms with E-state index in [0.29, 0.717) is 12.1 Å². The fourth-order valence-corrected chi connectivity index (χ4v) is 1.80. The quantitative estimate of drug-likeness (QED) is 0.850. The molecule has 1 aliphatic heterocycles. The molecule has 1 aromatic carbocycles. The van der Waals surface area contributed by atoms with Crippen LogP contribution in [0.4, 0.5) is 23.5 Å². The van der Waals surface area contributed by atoms with E-state index in [9.17, 15) is 22.4 Å². The molecule has 0 spiro atoms. The van der Waals surface area contributed by atoms with Crippen LogP contribution in [-0.2, 0) is 11.0 Å². The number of hydrogen-bond donors (Lipinski definition) is 1. The first-order valence-electron chi connectivity index (χ1n) is 5.71. The second-order valence-corrected chi connectivity index (χ2v) is 4.11.